The monoisotopic (exact) mass is 1040 g/mol. The Morgan fingerprint density at radius 2 is 1.01 bits per heavy atom. The van der Waals surface area contributed by atoms with E-state index in [-0.39, 0.29) is 43.9 Å². The number of rotatable bonds is 21. The van der Waals surface area contributed by atoms with E-state index in [1.54, 1.807) is 43.3 Å². The van der Waals surface area contributed by atoms with Gasteiger partial charge in [-0.15, -0.1) is 34.8 Å². The van der Waals surface area contributed by atoms with Gasteiger partial charge < -0.3 is 30.7 Å². The van der Waals surface area contributed by atoms with Crippen molar-refractivity contribution in [2.24, 2.45) is 20.5 Å². The minimum atomic E-state index is -1.62. The lowest BCUT2D eigenvalue weighted by Crippen LogP contribution is -2.32. The average molecular weight is 1040 g/mol. The van der Waals surface area contributed by atoms with E-state index in [4.69, 9.17) is 67.5 Å². The van der Waals surface area contributed by atoms with Gasteiger partial charge in [0.25, 0.3) is 23.6 Å². The number of benzene rings is 5. The zero-order valence-electron chi connectivity index (χ0n) is 37.7. The normalized spacial score (nSPS) is 12.5. The SMILES string of the molecule is COc1ccc(CCCl)c(NC(=O)c2cc(N=NC(C(C)=O)C(=O)Nc3ccc(NC(=O)C(N=Nc4ccc(Cl)c(C(=O)Nc5cc(OC)ccc5CCCl)c4)C(C)=O)c(C(C)Cl)c3)ccc2Cl)c1. The third kappa shape index (κ3) is 14.5. The first kappa shape index (κ1) is 53.5. The van der Waals surface area contributed by atoms with Gasteiger partial charge in [-0.2, -0.15) is 20.5 Å². The van der Waals surface area contributed by atoms with E-state index in [0.29, 0.717) is 53.0 Å². The van der Waals surface area contributed by atoms with Crippen molar-refractivity contribution in [1.82, 2.24) is 0 Å². The summed E-state index contributed by atoms with van der Waals surface area (Å²) < 4.78 is 10.6. The molecule has 0 radical (unpaired) electrons. The van der Waals surface area contributed by atoms with Gasteiger partial charge in [0.05, 0.1) is 52.1 Å². The van der Waals surface area contributed by atoms with Crippen molar-refractivity contribution < 1.29 is 38.2 Å². The number of carbonyl (C=O) groups excluding carboxylic acids is 6. The van der Waals surface area contributed by atoms with Crippen LogP contribution in [-0.2, 0) is 32.0 Å². The number of anilines is 4. The number of aryl methyl sites for hydroxylation is 2. The second-order valence-corrected chi connectivity index (χ2v) is 17.2. The summed E-state index contributed by atoms with van der Waals surface area (Å²) in [6.07, 6.45) is 0.951. The quantitative estimate of drug-likeness (QED) is 0.0314. The minimum Gasteiger partial charge on any atom is -0.497 e. The number of ether oxygens (including phenoxy) is 2. The molecule has 0 aromatic heterocycles. The van der Waals surface area contributed by atoms with Crippen LogP contribution in [0, 0.1) is 0 Å². The highest BCUT2D eigenvalue weighted by molar-refractivity contribution is 6.35. The van der Waals surface area contributed by atoms with E-state index < -0.39 is 52.7 Å². The van der Waals surface area contributed by atoms with E-state index in [1.165, 1.54) is 68.8 Å². The summed E-state index contributed by atoms with van der Waals surface area (Å²) in [4.78, 5) is 79.2. The molecule has 0 fully saturated rings. The standard InChI is InChI=1S/C48H45Cl5N8O8/c1-25(51)35-20-30(54-47(66)43(26(2)62)60-58-31-8-13-38(52)36(21-31)45(64)56-41-23-33(68-4)11-6-28(41)16-18-49)10-15-40(35)55-48(67)44(27(3)63)61-59-32-9-14-39(53)37(22-32)46(65)57-42-24-34(69-5)12-7-29(42)17-19-50/h6-15,20-25,43-44H,16-19H2,1-5H3,(H,54,66)(H,55,67)(H,56,64)(H,57,65). The number of amides is 4. The first-order chi connectivity index (χ1) is 33.0. The van der Waals surface area contributed by atoms with Gasteiger partial charge in [-0.1, -0.05) is 35.3 Å². The Labute approximate surface area is 422 Å². The summed E-state index contributed by atoms with van der Waals surface area (Å²) in [6, 6.07) is 20.0. The molecule has 21 heteroatoms. The molecule has 360 valence electrons. The maximum absolute atomic E-state index is 13.6. The number of hydrogen-bond acceptors (Lipinski definition) is 12. The fourth-order valence-corrected chi connectivity index (χ4v) is 7.49. The van der Waals surface area contributed by atoms with Crippen LogP contribution in [0.15, 0.2) is 111 Å². The Morgan fingerprint density at radius 1 is 0.565 bits per heavy atom. The third-order valence-corrected chi connectivity index (χ3v) is 11.4. The molecule has 4 N–H and O–H groups in total. The number of halogens is 5. The van der Waals surface area contributed by atoms with Gasteiger partial charge in [0.1, 0.15) is 11.5 Å². The van der Waals surface area contributed by atoms with Crippen molar-refractivity contribution >= 4 is 127 Å². The van der Waals surface area contributed by atoms with Crippen LogP contribution in [0.2, 0.25) is 10.0 Å². The zero-order chi connectivity index (χ0) is 50.4. The zero-order valence-corrected chi connectivity index (χ0v) is 41.4. The lowest BCUT2D eigenvalue weighted by molar-refractivity contribution is -0.127. The van der Waals surface area contributed by atoms with Crippen LogP contribution in [0.1, 0.15) is 63.6 Å². The molecule has 0 heterocycles. The van der Waals surface area contributed by atoms with Crippen molar-refractivity contribution in [3.05, 3.63) is 129 Å². The van der Waals surface area contributed by atoms with Crippen LogP contribution in [0.3, 0.4) is 0 Å². The highest BCUT2D eigenvalue weighted by atomic mass is 35.5. The van der Waals surface area contributed by atoms with Crippen LogP contribution in [0.5, 0.6) is 11.5 Å². The van der Waals surface area contributed by atoms with Crippen molar-refractivity contribution in [3.8, 4) is 11.5 Å². The molecule has 0 saturated carbocycles. The van der Waals surface area contributed by atoms with E-state index in [1.807, 2.05) is 0 Å². The Kier molecular flexibility index (Phi) is 19.6. The summed E-state index contributed by atoms with van der Waals surface area (Å²) >= 11 is 31.2. The minimum absolute atomic E-state index is 0.0441. The highest BCUT2D eigenvalue weighted by Crippen LogP contribution is 2.33. The maximum atomic E-state index is 13.6. The van der Waals surface area contributed by atoms with Gasteiger partial charge >= 0.3 is 0 Å². The molecular formula is C48H45Cl5N8O8. The summed E-state index contributed by atoms with van der Waals surface area (Å²) in [7, 11) is 3.00. The van der Waals surface area contributed by atoms with Crippen molar-refractivity contribution in [2.75, 3.05) is 47.2 Å². The molecule has 0 spiro atoms. The maximum Gasteiger partial charge on any atom is 0.258 e. The number of methoxy groups -OCH3 is 2. The first-order valence-corrected chi connectivity index (χ1v) is 23.1. The number of alkyl halides is 3. The van der Waals surface area contributed by atoms with E-state index >= 15 is 0 Å². The van der Waals surface area contributed by atoms with Crippen molar-refractivity contribution in [3.63, 3.8) is 0 Å². The molecule has 0 bridgehead atoms. The number of nitrogens with one attached hydrogen (secondary N) is 4. The third-order valence-electron chi connectivity index (χ3n) is 10.1. The van der Waals surface area contributed by atoms with Gasteiger partial charge in [-0.25, -0.2) is 0 Å². The molecule has 3 atom stereocenters. The second-order valence-electron chi connectivity index (χ2n) is 15.0. The topological polar surface area (TPSA) is 218 Å². The molecule has 5 rings (SSSR count). The van der Waals surface area contributed by atoms with Gasteiger partial charge in [0.15, 0.2) is 11.6 Å². The molecule has 5 aromatic rings. The number of azo groups is 2. The van der Waals surface area contributed by atoms with Gasteiger partial charge in [-0.05, 0) is 117 Å². The summed E-state index contributed by atoms with van der Waals surface area (Å²) in [5.74, 6) is -2.46. The number of hydrogen-bond donors (Lipinski definition) is 4. The second kappa shape index (κ2) is 25.3. The predicted molar refractivity (Wildman–Crippen MR) is 270 cm³/mol. The molecule has 69 heavy (non-hydrogen) atoms. The molecule has 16 nitrogen and oxygen atoms in total. The molecule has 0 aliphatic heterocycles. The summed E-state index contributed by atoms with van der Waals surface area (Å²) in [5, 5.41) is 26.6. The predicted octanol–water partition coefficient (Wildman–Crippen LogP) is 11.7. The van der Waals surface area contributed by atoms with E-state index in [9.17, 15) is 28.8 Å². The van der Waals surface area contributed by atoms with Crippen LogP contribution < -0.4 is 30.7 Å². The number of Topliss-reactive ketones (excluding diaryl/α,β-unsaturated/α-hetero) is 2. The lowest BCUT2D eigenvalue weighted by atomic mass is 10.1. The van der Waals surface area contributed by atoms with E-state index in [0.717, 1.165) is 25.0 Å². The molecule has 3 unspecified atom stereocenters. The molecular weight excluding hydrogens is 994 g/mol. The molecule has 0 aliphatic rings. The van der Waals surface area contributed by atoms with Crippen LogP contribution in [0.4, 0.5) is 34.1 Å². The summed E-state index contributed by atoms with van der Waals surface area (Å²) in [6.45, 7) is 3.94. The molecule has 4 amide bonds. The Bertz CT molecular complexity index is 2820. The van der Waals surface area contributed by atoms with Crippen LogP contribution in [0.25, 0.3) is 0 Å². The van der Waals surface area contributed by atoms with Crippen molar-refractivity contribution in [2.45, 2.75) is 51.1 Å². The molecule has 0 saturated heterocycles. The fourth-order valence-electron chi connectivity index (χ4n) is 6.50. The Balaban J connectivity index is 1.29. The fraction of sp³-hybridized carbons (Fsp3) is 0.250. The lowest BCUT2D eigenvalue weighted by Gasteiger charge is -2.17. The van der Waals surface area contributed by atoms with Gasteiger partial charge in [0, 0.05) is 46.6 Å². The largest absolute Gasteiger partial charge is 0.497 e. The smallest absolute Gasteiger partial charge is 0.258 e. The van der Waals surface area contributed by atoms with Gasteiger partial charge in [-0.3, -0.25) is 28.8 Å². The van der Waals surface area contributed by atoms with Gasteiger partial charge in [0.2, 0.25) is 12.1 Å². The molecule has 5 aromatic carbocycles. The van der Waals surface area contributed by atoms with Crippen LogP contribution >= 0.6 is 58.0 Å². The van der Waals surface area contributed by atoms with Crippen molar-refractivity contribution in [1.29, 1.82) is 0 Å². The summed E-state index contributed by atoms with van der Waals surface area (Å²) in [5.41, 5.74) is 3.52. The van der Waals surface area contributed by atoms with E-state index in [2.05, 4.69) is 41.7 Å². The Morgan fingerprint density at radius 3 is 1.42 bits per heavy atom. The first-order valence-electron chi connectivity index (χ1n) is 20.9. The number of ketones is 2. The highest BCUT2D eigenvalue weighted by Gasteiger charge is 2.27. The Hall–Kier alpha value is -6.43. The number of nitrogens with zero attached hydrogens (tertiary/aromatic N) is 4. The number of carbonyl (C=O) groups is 6. The average Bonchev–Trinajstić information content (AvgIpc) is 3.31. The molecule has 0 aliphatic carbocycles. The van der Waals surface area contributed by atoms with Crippen LogP contribution in [-0.4, -0.2) is 73.3 Å².